The first-order valence-corrected chi connectivity index (χ1v) is 7.12. The molecule has 0 nitrogen and oxygen atoms in total. The van der Waals surface area contributed by atoms with Crippen LogP contribution in [0.25, 0.3) is 5.57 Å². The number of thioether (sulfide) groups is 1. The van der Waals surface area contributed by atoms with E-state index in [-0.39, 0.29) is 0 Å². The van der Waals surface area contributed by atoms with Crippen molar-refractivity contribution in [3.63, 3.8) is 0 Å². The van der Waals surface area contributed by atoms with Crippen molar-refractivity contribution >= 4 is 33.7 Å². The monoisotopic (exact) mass is 270 g/mol. The Morgan fingerprint density at radius 1 is 0.889 bits per heavy atom. The Morgan fingerprint density at radius 3 is 1.94 bits per heavy atom. The van der Waals surface area contributed by atoms with Gasteiger partial charge in [0.1, 0.15) is 0 Å². The minimum Gasteiger partial charge on any atom is -0.109 e. The van der Waals surface area contributed by atoms with E-state index < -0.39 is 0 Å². The number of hydrogen-bond donors (Lipinski definition) is 0. The Kier molecular flexibility index (Phi) is 4.73. The largest absolute Gasteiger partial charge is 0.109 e. The molecule has 0 aromatic heterocycles. The highest BCUT2D eigenvalue weighted by Gasteiger charge is 2.03. The zero-order valence-corrected chi connectivity index (χ0v) is 11.6. The third kappa shape index (κ3) is 3.56. The smallest absolute Gasteiger partial charge is 0.0781 e. The SMILES string of the molecule is C=C(CSC(=S)c1ccccc1)c1ccccc1. The molecule has 0 fully saturated rings. The highest BCUT2D eigenvalue weighted by Crippen LogP contribution is 2.21. The van der Waals surface area contributed by atoms with E-state index in [0.717, 1.165) is 21.1 Å². The van der Waals surface area contributed by atoms with Crippen molar-refractivity contribution in [3.8, 4) is 0 Å². The summed E-state index contributed by atoms with van der Waals surface area (Å²) >= 11 is 7.08. The summed E-state index contributed by atoms with van der Waals surface area (Å²) in [6, 6.07) is 20.3. The molecule has 2 aromatic rings. The lowest BCUT2D eigenvalue weighted by Crippen LogP contribution is -1.94. The molecule has 2 heteroatoms. The molecule has 0 radical (unpaired) electrons. The first-order valence-electron chi connectivity index (χ1n) is 5.73. The molecule has 90 valence electrons. The van der Waals surface area contributed by atoms with Crippen LogP contribution in [0.4, 0.5) is 0 Å². The number of rotatable bonds is 4. The first-order chi connectivity index (χ1) is 8.77. The highest BCUT2D eigenvalue weighted by atomic mass is 32.2. The molecule has 0 unspecified atom stereocenters. The zero-order valence-electron chi connectivity index (χ0n) is 10.0. The third-order valence-electron chi connectivity index (χ3n) is 2.57. The van der Waals surface area contributed by atoms with Gasteiger partial charge >= 0.3 is 0 Å². The Bertz CT molecular complexity index is 478. The Hall–Kier alpha value is -1.38. The molecule has 0 amide bonds. The fourth-order valence-electron chi connectivity index (χ4n) is 1.57. The molecule has 0 atom stereocenters. The van der Waals surface area contributed by atoms with Crippen molar-refractivity contribution in [2.24, 2.45) is 0 Å². The molecule has 0 saturated carbocycles. The molecule has 0 aliphatic carbocycles. The van der Waals surface area contributed by atoms with Gasteiger partial charge in [0, 0.05) is 5.75 Å². The van der Waals surface area contributed by atoms with Crippen molar-refractivity contribution < 1.29 is 0 Å². The molecule has 18 heavy (non-hydrogen) atoms. The van der Waals surface area contributed by atoms with E-state index >= 15 is 0 Å². The molecule has 2 aromatic carbocycles. The van der Waals surface area contributed by atoms with E-state index in [1.807, 2.05) is 48.5 Å². The molecule has 0 aliphatic heterocycles. The minimum atomic E-state index is 0.831. The molecule has 0 bridgehead atoms. The van der Waals surface area contributed by atoms with Gasteiger partial charge in [-0.05, 0) is 16.7 Å². The van der Waals surface area contributed by atoms with Crippen molar-refractivity contribution in [1.82, 2.24) is 0 Å². The van der Waals surface area contributed by atoms with Gasteiger partial charge in [0.2, 0.25) is 0 Å². The van der Waals surface area contributed by atoms with Crippen molar-refractivity contribution in [2.45, 2.75) is 0 Å². The third-order valence-corrected chi connectivity index (χ3v) is 4.15. The summed E-state index contributed by atoms with van der Waals surface area (Å²) in [5, 5.41) is 0. The van der Waals surface area contributed by atoms with Gasteiger partial charge in [-0.1, -0.05) is 79.5 Å². The molecular weight excluding hydrogens is 256 g/mol. The van der Waals surface area contributed by atoms with Crippen LogP contribution in [-0.4, -0.2) is 9.95 Å². The maximum absolute atomic E-state index is 5.41. The van der Waals surface area contributed by atoms with E-state index in [0.29, 0.717) is 0 Å². The van der Waals surface area contributed by atoms with Crippen molar-refractivity contribution in [1.29, 1.82) is 0 Å². The lowest BCUT2D eigenvalue weighted by molar-refractivity contribution is 1.59. The van der Waals surface area contributed by atoms with E-state index in [9.17, 15) is 0 Å². The van der Waals surface area contributed by atoms with Gasteiger partial charge in [0.15, 0.2) is 0 Å². The van der Waals surface area contributed by atoms with E-state index in [1.54, 1.807) is 11.8 Å². The summed E-state index contributed by atoms with van der Waals surface area (Å²) in [5.74, 6) is 0.831. The molecule has 0 aliphatic rings. The fourth-order valence-corrected chi connectivity index (χ4v) is 2.66. The molecular formula is C16H14S2. The maximum Gasteiger partial charge on any atom is 0.0781 e. The van der Waals surface area contributed by atoms with Crippen LogP contribution in [-0.2, 0) is 0 Å². The number of hydrogen-bond acceptors (Lipinski definition) is 2. The van der Waals surface area contributed by atoms with Crippen LogP contribution in [0.5, 0.6) is 0 Å². The lowest BCUT2D eigenvalue weighted by atomic mass is 10.1. The van der Waals surface area contributed by atoms with Crippen LogP contribution < -0.4 is 0 Å². The summed E-state index contributed by atoms with van der Waals surface area (Å²) in [7, 11) is 0. The summed E-state index contributed by atoms with van der Waals surface area (Å²) in [5.41, 5.74) is 3.40. The van der Waals surface area contributed by atoms with Crippen LogP contribution >= 0.6 is 24.0 Å². The van der Waals surface area contributed by atoms with Crippen LogP contribution in [0.3, 0.4) is 0 Å². The van der Waals surface area contributed by atoms with E-state index in [4.69, 9.17) is 12.2 Å². The summed E-state index contributed by atoms with van der Waals surface area (Å²) in [4.78, 5) is 0. The fraction of sp³-hybridized carbons (Fsp3) is 0.0625. The number of benzene rings is 2. The first kappa shape index (κ1) is 13.1. The number of thiocarbonyl (C=S) groups is 1. The Balaban J connectivity index is 1.93. The standard InChI is InChI=1S/C16H14S2/c1-13(14-8-4-2-5-9-14)12-18-16(17)15-10-6-3-7-11-15/h2-11H,1,12H2. The second-order valence-corrected chi connectivity index (χ2v) is 5.56. The second-order valence-electron chi connectivity index (χ2n) is 3.91. The second kappa shape index (κ2) is 6.53. The molecule has 0 heterocycles. The Morgan fingerprint density at radius 2 is 1.39 bits per heavy atom. The van der Waals surface area contributed by atoms with Crippen LogP contribution in [0.1, 0.15) is 11.1 Å². The summed E-state index contributed by atoms with van der Waals surface area (Å²) in [6.07, 6.45) is 0. The molecule has 0 N–H and O–H groups in total. The quantitative estimate of drug-likeness (QED) is 0.731. The average Bonchev–Trinajstić information content (AvgIpc) is 2.46. The highest BCUT2D eigenvalue weighted by molar-refractivity contribution is 8.23. The van der Waals surface area contributed by atoms with Crippen LogP contribution in [0.15, 0.2) is 67.2 Å². The van der Waals surface area contributed by atoms with E-state index in [2.05, 4.69) is 18.7 Å². The van der Waals surface area contributed by atoms with E-state index in [1.165, 1.54) is 5.56 Å². The topological polar surface area (TPSA) is 0 Å². The molecule has 0 saturated heterocycles. The van der Waals surface area contributed by atoms with Gasteiger partial charge < -0.3 is 0 Å². The lowest BCUT2D eigenvalue weighted by Gasteiger charge is -2.06. The Labute approximate surface area is 118 Å². The average molecular weight is 270 g/mol. The maximum atomic E-state index is 5.41. The van der Waals surface area contributed by atoms with Gasteiger partial charge in [-0.25, -0.2) is 0 Å². The van der Waals surface area contributed by atoms with Gasteiger partial charge in [0.25, 0.3) is 0 Å². The van der Waals surface area contributed by atoms with Crippen LogP contribution in [0, 0.1) is 0 Å². The van der Waals surface area contributed by atoms with Gasteiger partial charge in [-0.15, -0.1) is 11.8 Å². The predicted octanol–water partition coefficient (Wildman–Crippen LogP) is 4.81. The van der Waals surface area contributed by atoms with Crippen molar-refractivity contribution in [3.05, 3.63) is 78.4 Å². The van der Waals surface area contributed by atoms with Gasteiger partial charge in [-0.2, -0.15) is 0 Å². The normalized spacial score (nSPS) is 10.0. The van der Waals surface area contributed by atoms with Gasteiger partial charge in [-0.3, -0.25) is 0 Å². The summed E-state index contributed by atoms with van der Waals surface area (Å²) < 4.78 is 0.924. The summed E-state index contributed by atoms with van der Waals surface area (Å²) in [6.45, 7) is 4.11. The molecule has 2 rings (SSSR count). The van der Waals surface area contributed by atoms with Crippen LogP contribution in [0.2, 0.25) is 0 Å². The minimum absolute atomic E-state index is 0.831. The predicted molar refractivity (Wildman–Crippen MR) is 86.1 cm³/mol. The molecule has 0 spiro atoms. The van der Waals surface area contributed by atoms with Gasteiger partial charge in [0.05, 0.1) is 4.20 Å². The van der Waals surface area contributed by atoms with Crippen molar-refractivity contribution in [2.75, 3.05) is 5.75 Å². The zero-order chi connectivity index (χ0) is 12.8.